The summed E-state index contributed by atoms with van der Waals surface area (Å²) >= 11 is 1.44. The molecule has 1 atom stereocenters. The number of carbonyl (C=O) groups is 1. The molecule has 0 bridgehead atoms. The summed E-state index contributed by atoms with van der Waals surface area (Å²) in [5.41, 5.74) is 0.418. The van der Waals surface area contributed by atoms with Gasteiger partial charge < -0.3 is 9.84 Å². The monoisotopic (exact) mass is 294 g/mol. The second kappa shape index (κ2) is 6.13. The van der Waals surface area contributed by atoms with Crippen molar-refractivity contribution in [2.45, 2.75) is 40.2 Å². The van der Waals surface area contributed by atoms with Gasteiger partial charge in [-0.3, -0.25) is 4.79 Å². The zero-order valence-corrected chi connectivity index (χ0v) is 12.8. The van der Waals surface area contributed by atoms with Crippen LogP contribution in [-0.4, -0.2) is 21.0 Å². The maximum absolute atomic E-state index is 12.0. The Labute approximate surface area is 121 Å². The van der Waals surface area contributed by atoms with Crippen LogP contribution >= 0.6 is 11.3 Å². The van der Waals surface area contributed by atoms with Crippen molar-refractivity contribution in [2.24, 2.45) is 5.92 Å². The van der Waals surface area contributed by atoms with Gasteiger partial charge in [-0.15, -0.1) is 11.3 Å². The van der Waals surface area contributed by atoms with E-state index in [1.54, 1.807) is 5.38 Å². The average Bonchev–Trinajstić information content (AvgIpc) is 2.97. The first-order chi connectivity index (χ1) is 9.45. The van der Waals surface area contributed by atoms with Crippen molar-refractivity contribution >= 4 is 17.2 Å². The first-order valence-electron chi connectivity index (χ1n) is 6.51. The van der Waals surface area contributed by atoms with E-state index in [4.69, 9.17) is 4.52 Å². The van der Waals surface area contributed by atoms with E-state index in [0.717, 1.165) is 11.4 Å². The zero-order chi connectivity index (χ0) is 14.7. The SMILES string of the molecule is Cc1nc(C(=O)NC(C)c2nc(CC(C)C)no2)cs1. The molecular weight excluding hydrogens is 276 g/mol. The lowest BCUT2D eigenvalue weighted by molar-refractivity contribution is 0.0928. The molecule has 20 heavy (non-hydrogen) atoms. The Hall–Kier alpha value is -1.76. The number of aromatic nitrogens is 3. The van der Waals surface area contributed by atoms with Crippen molar-refractivity contribution in [3.63, 3.8) is 0 Å². The van der Waals surface area contributed by atoms with Gasteiger partial charge in [-0.05, 0) is 19.8 Å². The number of hydrogen-bond acceptors (Lipinski definition) is 6. The molecule has 0 aliphatic heterocycles. The summed E-state index contributed by atoms with van der Waals surface area (Å²) in [5.74, 6) is 1.32. The second-order valence-corrected chi connectivity index (χ2v) is 6.16. The molecule has 2 aromatic heterocycles. The van der Waals surface area contributed by atoms with Crippen LogP contribution in [0.3, 0.4) is 0 Å². The molecule has 2 rings (SSSR count). The Bertz CT molecular complexity index is 591. The molecule has 0 spiro atoms. The summed E-state index contributed by atoms with van der Waals surface area (Å²) < 4.78 is 5.18. The second-order valence-electron chi connectivity index (χ2n) is 5.09. The van der Waals surface area contributed by atoms with Crippen LogP contribution in [0.15, 0.2) is 9.90 Å². The topological polar surface area (TPSA) is 80.9 Å². The van der Waals surface area contributed by atoms with Crippen LogP contribution in [0, 0.1) is 12.8 Å². The first-order valence-corrected chi connectivity index (χ1v) is 7.39. The fourth-order valence-corrected chi connectivity index (χ4v) is 2.28. The van der Waals surface area contributed by atoms with Crippen molar-refractivity contribution in [1.82, 2.24) is 20.4 Å². The summed E-state index contributed by atoms with van der Waals surface area (Å²) in [6.45, 7) is 7.85. The molecule has 6 nitrogen and oxygen atoms in total. The number of amides is 1. The molecular formula is C13H18N4O2S. The van der Waals surface area contributed by atoms with Gasteiger partial charge in [0.15, 0.2) is 5.82 Å². The maximum Gasteiger partial charge on any atom is 0.271 e. The Kier molecular flexibility index (Phi) is 4.49. The Morgan fingerprint density at radius 1 is 1.40 bits per heavy atom. The molecule has 2 heterocycles. The molecule has 1 unspecified atom stereocenters. The van der Waals surface area contributed by atoms with Crippen LogP contribution in [0.25, 0.3) is 0 Å². The smallest absolute Gasteiger partial charge is 0.271 e. The number of carbonyl (C=O) groups excluding carboxylic acids is 1. The lowest BCUT2D eigenvalue weighted by Crippen LogP contribution is -2.27. The third-order valence-electron chi connectivity index (χ3n) is 2.64. The quantitative estimate of drug-likeness (QED) is 0.916. The summed E-state index contributed by atoms with van der Waals surface area (Å²) in [6.07, 6.45) is 0.759. The molecule has 1 N–H and O–H groups in total. The zero-order valence-electron chi connectivity index (χ0n) is 12.0. The van der Waals surface area contributed by atoms with Crippen LogP contribution < -0.4 is 5.32 Å². The average molecular weight is 294 g/mol. The van der Waals surface area contributed by atoms with E-state index in [2.05, 4.69) is 34.3 Å². The summed E-state index contributed by atoms with van der Waals surface area (Å²) in [6, 6.07) is -0.335. The van der Waals surface area contributed by atoms with E-state index in [1.165, 1.54) is 11.3 Å². The molecule has 0 fully saturated rings. The van der Waals surface area contributed by atoms with Crippen LogP contribution in [0.5, 0.6) is 0 Å². The minimum absolute atomic E-state index is 0.231. The fourth-order valence-electron chi connectivity index (χ4n) is 1.69. The van der Waals surface area contributed by atoms with Crippen LogP contribution in [0.1, 0.15) is 54.0 Å². The van der Waals surface area contributed by atoms with Gasteiger partial charge in [-0.2, -0.15) is 4.98 Å². The van der Waals surface area contributed by atoms with E-state index >= 15 is 0 Å². The lowest BCUT2D eigenvalue weighted by atomic mass is 10.1. The molecule has 1 amide bonds. The van der Waals surface area contributed by atoms with E-state index in [0.29, 0.717) is 23.3 Å². The van der Waals surface area contributed by atoms with Gasteiger partial charge in [0.1, 0.15) is 11.7 Å². The van der Waals surface area contributed by atoms with Gasteiger partial charge in [0.2, 0.25) is 5.89 Å². The Morgan fingerprint density at radius 3 is 2.75 bits per heavy atom. The highest BCUT2D eigenvalue weighted by molar-refractivity contribution is 7.09. The number of nitrogens with one attached hydrogen (secondary N) is 1. The minimum atomic E-state index is -0.335. The normalized spacial score (nSPS) is 12.7. The number of aryl methyl sites for hydroxylation is 1. The molecule has 0 aliphatic rings. The number of thiazole rings is 1. The summed E-state index contributed by atoms with van der Waals surface area (Å²) in [5, 5.41) is 9.30. The van der Waals surface area contributed by atoms with E-state index in [1.807, 2.05) is 13.8 Å². The van der Waals surface area contributed by atoms with Crippen LogP contribution in [-0.2, 0) is 6.42 Å². The molecule has 0 saturated heterocycles. The van der Waals surface area contributed by atoms with Gasteiger partial charge in [0.25, 0.3) is 5.91 Å². The summed E-state index contributed by atoms with van der Waals surface area (Å²) in [4.78, 5) is 20.4. The molecule has 7 heteroatoms. The standard InChI is InChI=1S/C13H18N4O2S/c1-7(2)5-11-16-13(19-17-11)8(3)14-12(18)10-6-20-9(4)15-10/h6-8H,5H2,1-4H3,(H,14,18). The van der Waals surface area contributed by atoms with Crippen LogP contribution in [0.4, 0.5) is 0 Å². The minimum Gasteiger partial charge on any atom is -0.339 e. The predicted molar refractivity (Wildman–Crippen MR) is 75.6 cm³/mol. The molecule has 0 radical (unpaired) electrons. The highest BCUT2D eigenvalue weighted by Crippen LogP contribution is 2.14. The third-order valence-corrected chi connectivity index (χ3v) is 3.42. The van der Waals surface area contributed by atoms with Gasteiger partial charge in [0.05, 0.1) is 5.01 Å². The number of rotatable bonds is 5. The fraction of sp³-hybridized carbons (Fsp3) is 0.538. The van der Waals surface area contributed by atoms with Crippen molar-refractivity contribution < 1.29 is 9.32 Å². The van der Waals surface area contributed by atoms with Gasteiger partial charge in [0, 0.05) is 11.8 Å². The number of hydrogen-bond donors (Lipinski definition) is 1. The van der Waals surface area contributed by atoms with E-state index < -0.39 is 0 Å². The molecule has 0 saturated carbocycles. The Balaban J connectivity index is 1.99. The molecule has 0 aliphatic carbocycles. The molecule has 0 aromatic carbocycles. The predicted octanol–water partition coefficient (Wildman–Crippen LogP) is 2.52. The maximum atomic E-state index is 12.0. The third kappa shape index (κ3) is 3.63. The molecule has 2 aromatic rings. The molecule has 108 valence electrons. The van der Waals surface area contributed by atoms with E-state index in [9.17, 15) is 4.79 Å². The first kappa shape index (κ1) is 14.6. The number of nitrogens with zero attached hydrogens (tertiary/aromatic N) is 3. The van der Waals surface area contributed by atoms with Crippen LogP contribution in [0.2, 0.25) is 0 Å². The van der Waals surface area contributed by atoms with Crippen molar-refractivity contribution in [3.8, 4) is 0 Å². The largest absolute Gasteiger partial charge is 0.339 e. The lowest BCUT2D eigenvalue weighted by Gasteiger charge is -2.07. The summed E-state index contributed by atoms with van der Waals surface area (Å²) in [7, 11) is 0. The van der Waals surface area contributed by atoms with Gasteiger partial charge in [-0.1, -0.05) is 19.0 Å². The van der Waals surface area contributed by atoms with Gasteiger partial charge in [-0.25, -0.2) is 4.98 Å². The highest BCUT2D eigenvalue weighted by Gasteiger charge is 2.19. The van der Waals surface area contributed by atoms with E-state index in [-0.39, 0.29) is 11.9 Å². The highest BCUT2D eigenvalue weighted by atomic mass is 32.1. The van der Waals surface area contributed by atoms with Crippen molar-refractivity contribution in [3.05, 3.63) is 27.8 Å². The Morgan fingerprint density at radius 2 is 2.15 bits per heavy atom. The van der Waals surface area contributed by atoms with Gasteiger partial charge >= 0.3 is 0 Å². The van der Waals surface area contributed by atoms with Crippen molar-refractivity contribution in [2.75, 3.05) is 0 Å². The van der Waals surface area contributed by atoms with Crippen molar-refractivity contribution in [1.29, 1.82) is 0 Å².